The highest BCUT2D eigenvalue weighted by molar-refractivity contribution is 7.89. The largest absolute Gasteiger partial charge is 0.490 e. The maximum atomic E-state index is 13.4. The van der Waals surface area contributed by atoms with Crippen LogP contribution in [0.2, 0.25) is 0 Å². The van der Waals surface area contributed by atoms with Crippen LogP contribution in [-0.2, 0) is 22.9 Å². The molecule has 0 aliphatic carbocycles. The van der Waals surface area contributed by atoms with Crippen molar-refractivity contribution in [3.05, 3.63) is 83.7 Å². The number of aromatic nitrogens is 2. The van der Waals surface area contributed by atoms with Crippen molar-refractivity contribution in [2.75, 3.05) is 51.3 Å². The molecule has 2 heterocycles. The van der Waals surface area contributed by atoms with Crippen LogP contribution in [0.5, 0.6) is 11.5 Å². The Kier molecular flexibility index (Phi) is 11.5. The summed E-state index contributed by atoms with van der Waals surface area (Å²) in [5.41, 5.74) is 3.20. The summed E-state index contributed by atoms with van der Waals surface area (Å²) in [7, 11) is -3.54. The molecule has 1 N–H and O–H groups in total. The summed E-state index contributed by atoms with van der Waals surface area (Å²) in [6.45, 7) is 12.1. The van der Waals surface area contributed by atoms with E-state index in [9.17, 15) is 8.42 Å². The lowest BCUT2D eigenvalue weighted by molar-refractivity contribution is 0.141. The zero-order chi connectivity index (χ0) is 32.5. The molecule has 0 spiro atoms. The molecule has 0 unspecified atom stereocenters. The maximum absolute atomic E-state index is 13.4. The van der Waals surface area contributed by atoms with E-state index in [1.54, 1.807) is 16.4 Å². The van der Waals surface area contributed by atoms with Crippen LogP contribution < -0.4 is 14.8 Å². The molecule has 4 aromatic rings. The van der Waals surface area contributed by atoms with Gasteiger partial charge in [0.25, 0.3) is 0 Å². The molecule has 0 radical (unpaired) electrons. The molecule has 0 saturated carbocycles. The summed E-state index contributed by atoms with van der Waals surface area (Å²) in [6, 6.07) is 21.4. The molecule has 1 fully saturated rings. The Balaban J connectivity index is 1.25. The molecule has 1 atom stereocenters. The van der Waals surface area contributed by atoms with Crippen molar-refractivity contribution in [2.24, 2.45) is 0 Å². The summed E-state index contributed by atoms with van der Waals surface area (Å²) in [5, 5.41) is 4.53. The quantitative estimate of drug-likeness (QED) is 0.157. The zero-order valence-corrected chi connectivity index (χ0v) is 28.4. The van der Waals surface area contributed by atoms with Gasteiger partial charge < -0.3 is 14.8 Å². The van der Waals surface area contributed by atoms with Crippen LogP contribution in [0.15, 0.2) is 71.6 Å². The first-order chi connectivity index (χ1) is 22.3. The van der Waals surface area contributed by atoms with E-state index in [4.69, 9.17) is 19.4 Å². The van der Waals surface area contributed by atoms with Crippen LogP contribution in [0.3, 0.4) is 0 Å². The molecule has 1 saturated heterocycles. The SMILES string of the molecule is CCCCc1ccc(S(=O)(=O)N2CCN([C@H](C)c3nc(NCCc4ccc(OCC)c(OCC)c4)c4ccccc4n3)CC2)cc1. The van der Waals surface area contributed by atoms with Gasteiger partial charge in [-0.1, -0.05) is 43.7 Å². The van der Waals surface area contributed by atoms with E-state index in [2.05, 4.69) is 30.1 Å². The third kappa shape index (κ3) is 7.97. The number of rotatable bonds is 15. The third-order valence-corrected chi connectivity index (χ3v) is 10.4. The molecule has 10 heteroatoms. The van der Waals surface area contributed by atoms with Gasteiger partial charge in [-0.25, -0.2) is 18.4 Å². The number of para-hydroxylation sites is 1. The topological polar surface area (TPSA) is 96.9 Å². The minimum absolute atomic E-state index is 0.0762. The number of ether oxygens (including phenoxy) is 2. The Labute approximate surface area is 274 Å². The fourth-order valence-electron chi connectivity index (χ4n) is 5.85. The van der Waals surface area contributed by atoms with Crippen molar-refractivity contribution in [3.8, 4) is 11.5 Å². The van der Waals surface area contributed by atoms with Crippen LogP contribution in [-0.4, -0.2) is 73.5 Å². The van der Waals surface area contributed by atoms with E-state index in [0.29, 0.717) is 50.8 Å². The highest BCUT2D eigenvalue weighted by Crippen LogP contribution is 2.30. The average Bonchev–Trinajstić information content (AvgIpc) is 3.08. The molecule has 5 rings (SSSR count). The molecule has 1 aliphatic rings. The molecule has 1 aromatic heterocycles. The Morgan fingerprint density at radius 3 is 2.24 bits per heavy atom. The predicted molar refractivity (Wildman–Crippen MR) is 184 cm³/mol. The van der Waals surface area contributed by atoms with E-state index in [1.807, 2.05) is 62.4 Å². The smallest absolute Gasteiger partial charge is 0.243 e. The summed E-state index contributed by atoms with van der Waals surface area (Å²) < 4.78 is 39.9. The molecule has 246 valence electrons. The number of hydrogen-bond donors (Lipinski definition) is 1. The van der Waals surface area contributed by atoms with Gasteiger partial charge in [0.2, 0.25) is 10.0 Å². The van der Waals surface area contributed by atoms with Crippen LogP contribution in [0.25, 0.3) is 10.9 Å². The number of piperazine rings is 1. The van der Waals surface area contributed by atoms with Crippen molar-refractivity contribution in [2.45, 2.75) is 64.3 Å². The number of anilines is 1. The molecule has 0 bridgehead atoms. The van der Waals surface area contributed by atoms with Crippen LogP contribution in [0, 0.1) is 0 Å². The average molecular weight is 646 g/mol. The Morgan fingerprint density at radius 1 is 0.826 bits per heavy atom. The Hall–Kier alpha value is -3.73. The van der Waals surface area contributed by atoms with Gasteiger partial charge in [0, 0.05) is 38.1 Å². The first-order valence-corrected chi connectivity index (χ1v) is 18.0. The number of unbranched alkanes of at least 4 members (excludes halogenated alkanes) is 1. The standard InChI is InChI=1S/C36H47N5O4S/c1-5-8-11-28-14-17-30(18-15-28)46(42,43)41-24-22-40(23-25-41)27(4)35-38-32-13-10-9-12-31(32)36(39-35)37-21-20-29-16-19-33(44-6-2)34(26-29)45-7-3/h9-10,12-19,26-27H,5-8,11,20-25H2,1-4H3,(H,37,38,39)/t27-/m1/s1. The molecule has 46 heavy (non-hydrogen) atoms. The minimum Gasteiger partial charge on any atom is -0.490 e. The van der Waals surface area contributed by atoms with Gasteiger partial charge in [-0.15, -0.1) is 0 Å². The van der Waals surface area contributed by atoms with Crippen molar-refractivity contribution in [1.29, 1.82) is 0 Å². The van der Waals surface area contributed by atoms with Gasteiger partial charge >= 0.3 is 0 Å². The van der Waals surface area contributed by atoms with Gasteiger partial charge in [0.05, 0.1) is 29.7 Å². The van der Waals surface area contributed by atoms with Gasteiger partial charge in [-0.3, -0.25) is 4.90 Å². The minimum atomic E-state index is -3.54. The highest BCUT2D eigenvalue weighted by Gasteiger charge is 2.31. The lowest BCUT2D eigenvalue weighted by Gasteiger charge is -2.37. The highest BCUT2D eigenvalue weighted by atomic mass is 32.2. The second-order valence-corrected chi connectivity index (χ2v) is 13.6. The molecule has 0 amide bonds. The van der Waals surface area contributed by atoms with Crippen LogP contribution >= 0.6 is 0 Å². The number of benzene rings is 3. The van der Waals surface area contributed by atoms with Crippen molar-refractivity contribution in [1.82, 2.24) is 19.2 Å². The van der Waals surface area contributed by atoms with E-state index in [0.717, 1.165) is 65.3 Å². The number of fused-ring (bicyclic) bond motifs is 1. The van der Waals surface area contributed by atoms with E-state index in [-0.39, 0.29) is 6.04 Å². The molecule has 1 aliphatic heterocycles. The van der Waals surface area contributed by atoms with Crippen molar-refractivity contribution < 1.29 is 17.9 Å². The van der Waals surface area contributed by atoms with Crippen LogP contribution in [0.4, 0.5) is 5.82 Å². The Bertz CT molecular complexity index is 1690. The fourth-order valence-corrected chi connectivity index (χ4v) is 7.27. The molecule has 3 aromatic carbocycles. The van der Waals surface area contributed by atoms with Crippen molar-refractivity contribution >= 4 is 26.7 Å². The van der Waals surface area contributed by atoms with E-state index in [1.165, 1.54) is 5.56 Å². The number of nitrogens with one attached hydrogen (secondary N) is 1. The van der Waals surface area contributed by atoms with Gasteiger partial charge in [-0.05, 0) is 87.6 Å². The molecule has 9 nitrogen and oxygen atoms in total. The first kappa shape index (κ1) is 33.6. The number of sulfonamides is 1. The van der Waals surface area contributed by atoms with Crippen LogP contribution in [0.1, 0.15) is 63.5 Å². The number of aryl methyl sites for hydroxylation is 1. The molecular weight excluding hydrogens is 598 g/mol. The van der Waals surface area contributed by atoms with E-state index < -0.39 is 10.0 Å². The summed E-state index contributed by atoms with van der Waals surface area (Å²) in [6.07, 6.45) is 3.98. The third-order valence-electron chi connectivity index (χ3n) is 8.51. The maximum Gasteiger partial charge on any atom is 0.243 e. The lowest BCUT2D eigenvalue weighted by atomic mass is 10.1. The van der Waals surface area contributed by atoms with Crippen molar-refractivity contribution in [3.63, 3.8) is 0 Å². The normalized spacial score (nSPS) is 15.1. The first-order valence-electron chi connectivity index (χ1n) is 16.6. The second kappa shape index (κ2) is 15.7. The zero-order valence-electron chi connectivity index (χ0n) is 27.5. The summed E-state index contributed by atoms with van der Waals surface area (Å²) in [4.78, 5) is 12.6. The summed E-state index contributed by atoms with van der Waals surface area (Å²) in [5.74, 6) is 3.04. The lowest BCUT2D eigenvalue weighted by Crippen LogP contribution is -2.49. The Morgan fingerprint density at radius 2 is 1.52 bits per heavy atom. The molecular formula is C36H47N5O4S. The van der Waals surface area contributed by atoms with Gasteiger partial charge in [0.15, 0.2) is 11.5 Å². The number of hydrogen-bond acceptors (Lipinski definition) is 8. The summed E-state index contributed by atoms with van der Waals surface area (Å²) >= 11 is 0. The van der Waals surface area contributed by atoms with Gasteiger partial charge in [-0.2, -0.15) is 4.31 Å². The van der Waals surface area contributed by atoms with E-state index >= 15 is 0 Å². The predicted octanol–water partition coefficient (Wildman–Crippen LogP) is 6.49. The fraction of sp³-hybridized carbons (Fsp3) is 0.444. The monoisotopic (exact) mass is 645 g/mol. The number of nitrogens with zero attached hydrogens (tertiary/aromatic N) is 4. The second-order valence-electron chi connectivity index (χ2n) is 11.6. The van der Waals surface area contributed by atoms with Gasteiger partial charge in [0.1, 0.15) is 11.6 Å².